The molecule has 180 valence electrons. The second kappa shape index (κ2) is 10.3. The number of aliphatic hydroxyl groups is 1. The third-order valence-electron chi connectivity index (χ3n) is 8.69. The van der Waals surface area contributed by atoms with Crippen LogP contribution in [0.2, 0.25) is 0 Å². The number of likely N-dealkylation sites (N-methyl/N-ethyl adjacent to an activating group) is 1. The first-order valence-electron chi connectivity index (χ1n) is 13.1. The molecule has 1 amide bonds. The normalized spacial score (nSPS) is 33.8. The first-order valence-corrected chi connectivity index (χ1v) is 13.1. The van der Waals surface area contributed by atoms with Crippen LogP contribution in [0, 0.1) is 23.7 Å². The molecule has 0 aromatic carbocycles. The average Bonchev–Trinajstić information content (AvgIpc) is 3.24. The van der Waals surface area contributed by atoms with E-state index in [4.69, 9.17) is 0 Å². The van der Waals surface area contributed by atoms with Crippen LogP contribution in [0.15, 0.2) is 12.4 Å². The lowest BCUT2D eigenvalue weighted by atomic mass is 9.64. The van der Waals surface area contributed by atoms with Crippen molar-refractivity contribution in [2.45, 2.75) is 103 Å². The minimum atomic E-state index is -0.215. The van der Waals surface area contributed by atoms with Gasteiger partial charge < -0.3 is 14.9 Å². The highest BCUT2D eigenvalue weighted by Crippen LogP contribution is 2.45. The first kappa shape index (κ1) is 23.7. The molecule has 1 N–H and O–H groups in total. The summed E-state index contributed by atoms with van der Waals surface area (Å²) in [5.41, 5.74) is 1.13. The number of aromatic nitrogens is 2. The van der Waals surface area contributed by atoms with Crippen molar-refractivity contribution >= 4 is 5.91 Å². The molecule has 32 heavy (non-hydrogen) atoms. The van der Waals surface area contributed by atoms with Crippen molar-refractivity contribution in [3.8, 4) is 0 Å². The van der Waals surface area contributed by atoms with Crippen LogP contribution in [0.5, 0.6) is 0 Å². The van der Waals surface area contributed by atoms with Gasteiger partial charge in [0.25, 0.3) is 0 Å². The van der Waals surface area contributed by atoms with Gasteiger partial charge in [-0.3, -0.25) is 9.48 Å². The second-order valence-corrected chi connectivity index (χ2v) is 11.0. The molecular formula is C26H44N4O2. The number of likely N-dealkylation sites (tertiary alicyclic amines) is 1. The Morgan fingerprint density at radius 3 is 2.59 bits per heavy atom. The van der Waals surface area contributed by atoms with E-state index in [1.54, 1.807) is 0 Å². The summed E-state index contributed by atoms with van der Waals surface area (Å²) in [6, 6.07) is 0.847. The van der Waals surface area contributed by atoms with E-state index in [0.717, 1.165) is 70.0 Å². The number of amides is 1. The maximum atomic E-state index is 14.2. The Bertz CT molecular complexity index is 763. The summed E-state index contributed by atoms with van der Waals surface area (Å²) in [5, 5.41) is 15.1. The number of aryl methyl sites for hydroxylation is 1. The number of hydrogen-bond donors (Lipinski definition) is 1. The molecule has 0 bridgehead atoms. The number of fused-ring (bicyclic) bond motifs is 1. The van der Waals surface area contributed by atoms with Crippen molar-refractivity contribution in [2.24, 2.45) is 23.7 Å². The third kappa shape index (κ3) is 4.91. The lowest BCUT2D eigenvalue weighted by Crippen LogP contribution is -2.55. The SMILES string of the molecule is CCn1cc(CN(C(=O)[C@H]2CCCC3C(O)CCCC32)C2CCC(C(C)C)N(C)C2)cn1. The summed E-state index contributed by atoms with van der Waals surface area (Å²) < 4.78 is 1.95. The highest BCUT2D eigenvalue weighted by molar-refractivity contribution is 5.79. The molecule has 1 aromatic heterocycles. The zero-order valence-corrected chi connectivity index (χ0v) is 20.6. The molecule has 3 aliphatic rings. The topological polar surface area (TPSA) is 61.6 Å². The van der Waals surface area contributed by atoms with Gasteiger partial charge in [0.15, 0.2) is 0 Å². The largest absolute Gasteiger partial charge is 0.393 e. The summed E-state index contributed by atoms with van der Waals surface area (Å²) in [6.07, 6.45) is 12.2. The number of aliphatic hydroxyl groups excluding tert-OH is 1. The summed E-state index contributed by atoms with van der Waals surface area (Å²) in [5.74, 6) is 1.70. The van der Waals surface area contributed by atoms with Crippen LogP contribution in [0.1, 0.15) is 77.7 Å². The van der Waals surface area contributed by atoms with Crippen molar-refractivity contribution in [3.05, 3.63) is 18.0 Å². The molecular weight excluding hydrogens is 400 g/mol. The fourth-order valence-corrected chi connectivity index (χ4v) is 6.97. The van der Waals surface area contributed by atoms with E-state index in [2.05, 4.69) is 48.9 Å². The van der Waals surface area contributed by atoms with Crippen molar-refractivity contribution in [1.29, 1.82) is 0 Å². The average molecular weight is 445 g/mol. The molecule has 1 aliphatic heterocycles. The molecule has 0 radical (unpaired) electrons. The van der Waals surface area contributed by atoms with Gasteiger partial charge in [0, 0.05) is 49.4 Å². The van der Waals surface area contributed by atoms with Gasteiger partial charge in [-0.25, -0.2) is 0 Å². The number of carbonyl (C=O) groups excluding carboxylic acids is 1. The van der Waals surface area contributed by atoms with Crippen molar-refractivity contribution in [2.75, 3.05) is 13.6 Å². The molecule has 1 aromatic rings. The minimum absolute atomic E-state index is 0.0676. The number of nitrogens with zero attached hydrogens (tertiary/aromatic N) is 4. The van der Waals surface area contributed by atoms with E-state index in [1.807, 2.05) is 10.9 Å². The van der Waals surface area contributed by atoms with Crippen LogP contribution in [0.25, 0.3) is 0 Å². The molecule has 6 heteroatoms. The Kier molecular flexibility index (Phi) is 7.61. The van der Waals surface area contributed by atoms with Gasteiger partial charge in [-0.2, -0.15) is 5.10 Å². The number of carbonyl (C=O) groups is 1. The lowest BCUT2D eigenvalue weighted by molar-refractivity contribution is -0.147. The van der Waals surface area contributed by atoms with Gasteiger partial charge in [0.2, 0.25) is 5.91 Å². The Hall–Kier alpha value is -1.40. The van der Waals surface area contributed by atoms with E-state index < -0.39 is 0 Å². The monoisotopic (exact) mass is 444 g/mol. The van der Waals surface area contributed by atoms with Gasteiger partial charge in [-0.1, -0.05) is 26.7 Å². The molecule has 6 nitrogen and oxygen atoms in total. The second-order valence-electron chi connectivity index (χ2n) is 11.0. The van der Waals surface area contributed by atoms with Crippen LogP contribution in [0.4, 0.5) is 0 Å². The minimum Gasteiger partial charge on any atom is -0.393 e. The molecule has 2 saturated carbocycles. The zero-order chi connectivity index (χ0) is 22.8. The highest BCUT2D eigenvalue weighted by Gasteiger charge is 2.45. The van der Waals surface area contributed by atoms with E-state index in [0.29, 0.717) is 36.2 Å². The highest BCUT2D eigenvalue weighted by atomic mass is 16.3. The predicted molar refractivity (Wildman–Crippen MR) is 127 cm³/mol. The van der Waals surface area contributed by atoms with Gasteiger partial charge in [-0.05, 0) is 70.3 Å². The number of piperidine rings is 1. The zero-order valence-electron chi connectivity index (χ0n) is 20.6. The summed E-state index contributed by atoms with van der Waals surface area (Å²) in [7, 11) is 2.22. The number of hydrogen-bond acceptors (Lipinski definition) is 4. The van der Waals surface area contributed by atoms with Crippen LogP contribution in [-0.2, 0) is 17.9 Å². The molecule has 1 saturated heterocycles. The molecule has 6 atom stereocenters. The van der Waals surface area contributed by atoms with Crippen molar-refractivity contribution in [3.63, 3.8) is 0 Å². The van der Waals surface area contributed by atoms with Crippen LogP contribution >= 0.6 is 0 Å². The lowest BCUT2D eigenvalue weighted by Gasteiger charge is -2.47. The van der Waals surface area contributed by atoms with E-state index in [9.17, 15) is 9.90 Å². The fraction of sp³-hybridized carbons (Fsp3) is 0.846. The van der Waals surface area contributed by atoms with Crippen molar-refractivity contribution < 1.29 is 9.90 Å². The molecule has 5 unspecified atom stereocenters. The molecule has 4 rings (SSSR count). The quantitative estimate of drug-likeness (QED) is 0.722. The van der Waals surface area contributed by atoms with Gasteiger partial charge in [0.1, 0.15) is 0 Å². The number of rotatable bonds is 6. The molecule has 2 aliphatic carbocycles. The van der Waals surface area contributed by atoms with Crippen LogP contribution < -0.4 is 0 Å². The van der Waals surface area contributed by atoms with Crippen LogP contribution in [-0.4, -0.2) is 62.4 Å². The Morgan fingerprint density at radius 1 is 1.16 bits per heavy atom. The fourth-order valence-electron chi connectivity index (χ4n) is 6.97. The van der Waals surface area contributed by atoms with Crippen molar-refractivity contribution in [1.82, 2.24) is 19.6 Å². The van der Waals surface area contributed by atoms with Gasteiger partial charge >= 0.3 is 0 Å². The maximum absolute atomic E-state index is 14.2. The Morgan fingerprint density at radius 2 is 1.91 bits per heavy atom. The third-order valence-corrected chi connectivity index (χ3v) is 8.69. The summed E-state index contributed by atoms with van der Waals surface area (Å²) in [6.45, 7) is 9.15. The predicted octanol–water partition coefficient (Wildman–Crippen LogP) is 3.93. The van der Waals surface area contributed by atoms with Crippen LogP contribution in [0.3, 0.4) is 0 Å². The molecule has 0 spiro atoms. The Labute approximate surface area is 194 Å². The van der Waals surface area contributed by atoms with Gasteiger partial charge in [-0.15, -0.1) is 0 Å². The van der Waals surface area contributed by atoms with Gasteiger partial charge in [0.05, 0.1) is 12.3 Å². The van der Waals surface area contributed by atoms with E-state index in [1.165, 1.54) is 0 Å². The Balaban J connectivity index is 1.56. The standard InChI is InChI=1S/C26H44N4O2/c1-5-29-15-19(14-27-29)16-30(20-12-13-24(18(2)3)28(4)17-20)26(32)23-10-6-9-22-21(23)8-7-11-25(22)31/h14-15,18,20-25,31H,5-13,16-17H2,1-4H3/t20?,21?,22?,23-,24?,25?/m0/s1. The summed E-state index contributed by atoms with van der Waals surface area (Å²) >= 11 is 0. The molecule has 3 fully saturated rings. The summed E-state index contributed by atoms with van der Waals surface area (Å²) in [4.78, 5) is 18.8. The molecule has 2 heterocycles. The maximum Gasteiger partial charge on any atom is 0.226 e. The van der Waals surface area contributed by atoms with E-state index >= 15 is 0 Å². The smallest absolute Gasteiger partial charge is 0.226 e. The van der Waals surface area contributed by atoms with E-state index in [-0.39, 0.29) is 18.1 Å². The first-order chi connectivity index (χ1) is 15.4.